The lowest BCUT2D eigenvalue weighted by atomic mass is 10.3. The van der Waals surface area contributed by atoms with E-state index in [4.69, 9.17) is 12.2 Å². The lowest BCUT2D eigenvalue weighted by Gasteiger charge is -2.18. The molecule has 1 N–H and O–H groups in total. The van der Waals surface area contributed by atoms with Gasteiger partial charge < -0.3 is 10.2 Å². The SMILES string of the molecule is CCN1C(=C2SC(=S)NC2=O)Sc2ccccc21. The van der Waals surface area contributed by atoms with Crippen molar-refractivity contribution in [3.63, 3.8) is 0 Å². The molecule has 18 heavy (non-hydrogen) atoms. The fraction of sp³-hybridized carbons (Fsp3) is 0.167. The summed E-state index contributed by atoms with van der Waals surface area (Å²) in [5, 5.41) is 3.66. The summed E-state index contributed by atoms with van der Waals surface area (Å²) in [6.07, 6.45) is 0. The maximum absolute atomic E-state index is 11.9. The van der Waals surface area contributed by atoms with Gasteiger partial charge in [-0.1, -0.05) is 47.9 Å². The predicted molar refractivity (Wildman–Crippen MR) is 80.7 cm³/mol. The maximum Gasteiger partial charge on any atom is 0.266 e. The lowest BCUT2D eigenvalue weighted by Crippen LogP contribution is -2.22. The van der Waals surface area contributed by atoms with Crippen molar-refractivity contribution in [2.45, 2.75) is 11.8 Å². The van der Waals surface area contributed by atoms with Crippen LogP contribution in [0.1, 0.15) is 6.92 Å². The molecule has 1 amide bonds. The second-order valence-corrected chi connectivity index (χ2v) is 6.51. The molecule has 1 saturated heterocycles. The smallest absolute Gasteiger partial charge is 0.266 e. The average Bonchev–Trinajstić information content (AvgIpc) is 2.88. The number of thiocarbonyl (C=S) groups is 1. The first kappa shape index (κ1) is 12.1. The van der Waals surface area contributed by atoms with E-state index >= 15 is 0 Å². The maximum atomic E-state index is 11.9. The lowest BCUT2D eigenvalue weighted by molar-refractivity contribution is -0.115. The van der Waals surface area contributed by atoms with Crippen molar-refractivity contribution in [2.24, 2.45) is 0 Å². The number of nitrogens with one attached hydrogen (secondary N) is 1. The fourth-order valence-corrected chi connectivity index (χ4v) is 4.40. The van der Waals surface area contributed by atoms with Crippen LogP contribution in [0.2, 0.25) is 0 Å². The molecule has 0 radical (unpaired) electrons. The molecular formula is C12H10N2OS3. The van der Waals surface area contributed by atoms with E-state index in [1.165, 1.54) is 22.3 Å². The number of hydrogen-bond acceptors (Lipinski definition) is 5. The summed E-state index contributed by atoms with van der Waals surface area (Å²) in [7, 11) is 0. The molecule has 0 atom stereocenters. The molecule has 0 aliphatic carbocycles. The first-order valence-corrected chi connectivity index (χ1v) is 7.56. The van der Waals surface area contributed by atoms with Crippen LogP contribution in [0.3, 0.4) is 0 Å². The molecule has 0 spiro atoms. The Bertz CT molecular complexity index is 582. The van der Waals surface area contributed by atoms with Crippen molar-refractivity contribution in [3.8, 4) is 0 Å². The van der Waals surface area contributed by atoms with E-state index in [0.717, 1.165) is 11.6 Å². The Balaban J connectivity index is 2.09. The van der Waals surface area contributed by atoms with Gasteiger partial charge in [0.05, 0.1) is 5.69 Å². The Morgan fingerprint density at radius 3 is 2.78 bits per heavy atom. The number of hydrogen-bond donors (Lipinski definition) is 1. The number of carbonyl (C=O) groups is 1. The molecule has 0 bridgehead atoms. The van der Waals surface area contributed by atoms with Crippen LogP contribution in [-0.4, -0.2) is 16.8 Å². The second-order valence-electron chi connectivity index (χ2n) is 3.79. The van der Waals surface area contributed by atoms with E-state index in [9.17, 15) is 4.79 Å². The first-order chi connectivity index (χ1) is 8.70. The molecule has 3 nitrogen and oxygen atoms in total. The van der Waals surface area contributed by atoms with Crippen LogP contribution >= 0.6 is 35.7 Å². The zero-order valence-electron chi connectivity index (χ0n) is 9.60. The summed E-state index contributed by atoms with van der Waals surface area (Å²) in [4.78, 5) is 15.9. The highest BCUT2D eigenvalue weighted by molar-refractivity contribution is 8.27. The molecule has 2 aliphatic rings. The molecule has 1 aromatic carbocycles. The monoisotopic (exact) mass is 294 g/mol. The molecule has 92 valence electrons. The van der Waals surface area contributed by atoms with Crippen LogP contribution in [0.15, 0.2) is 39.1 Å². The summed E-state index contributed by atoms with van der Waals surface area (Å²) in [5.74, 6) is -0.0845. The van der Waals surface area contributed by atoms with Crippen molar-refractivity contribution in [1.29, 1.82) is 0 Å². The molecule has 3 rings (SSSR count). The Kier molecular flexibility index (Phi) is 3.09. The molecule has 2 aliphatic heterocycles. The Labute approximate surface area is 119 Å². The number of rotatable bonds is 1. The Morgan fingerprint density at radius 1 is 1.33 bits per heavy atom. The van der Waals surface area contributed by atoms with Gasteiger partial charge in [0.2, 0.25) is 0 Å². The summed E-state index contributed by atoms with van der Waals surface area (Å²) in [6, 6.07) is 8.18. The molecule has 1 fully saturated rings. The van der Waals surface area contributed by atoms with E-state index in [2.05, 4.69) is 29.3 Å². The van der Waals surface area contributed by atoms with Gasteiger partial charge in [-0.25, -0.2) is 0 Å². The molecule has 0 aromatic heterocycles. The van der Waals surface area contributed by atoms with Gasteiger partial charge in [-0.05, 0) is 19.1 Å². The summed E-state index contributed by atoms with van der Waals surface area (Å²) >= 11 is 8.02. The highest BCUT2D eigenvalue weighted by Gasteiger charge is 2.33. The zero-order chi connectivity index (χ0) is 12.7. The van der Waals surface area contributed by atoms with Gasteiger partial charge in [-0.15, -0.1) is 0 Å². The summed E-state index contributed by atoms with van der Waals surface area (Å²) in [5.41, 5.74) is 1.17. The molecule has 1 aromatic rings. The largest absolute Gasteiger partial charge is 0.334 e. The normalized spacial score (nSPS) is 22.4. The molecule has 6 heteroatoms. The minimum Gasteiger partial charge on any atom is -0.334 e. The van der Waals surface area contributed by atoms with Crippen molar-refractivity contribution in [3.05, 3.63) is 34.2 Å². The minimum absolute atomic E-state index is 0.0845. The van der Waals surface area contributed by atoms with Gasteiger partial charge in [-0.2, -0.15) is 0 Å². The predicted octanol–water partition coefficient (Wildman–Crippen LogP) is 2.94. The van der Waals surface area contributed by atoms with Crippen molar-refractivity contribution >= 4 is 51.7 Å². The number of thioether (sulfide) groups is 2. The Hall–Kier alpha value is -0.980. The van der Waals surface area contributed by atoms with Crippen LogP contribution < -0.4 is 10.2 Å². The third-order valence-electron chi connectivity index (χ3n) is 2.73. The molecule has 0 saturated carbocycles. The van der Waals surface area contributed by atoms with E-state index in [1.54, 1.807) is 11.8 Å². The Morgan fingerprint density at radius 2 is 2.11 bits per heavy atom. The molecule has 0 unspecified atom stereocenters. The molecular weight excluding hydrogens is 284 g/mol. The summed E-state index contributed by atoms with van der Waals surface area (Å²) in [6.45, 7) is 2.92. The second kappa shape index (κ2) is 4.60. The number of carbonyl (C=O) groups excluding carboxylic acids is 1. The van der Waals surface area contributed by atoms with Gasteiger partial charge in [-0.3, -0.25) is 4.79 Å². The van der Waals surface area contributed by atoms with Crippen molar-refractivity contribution in [1.82, 2.24) is 5.32 Å². The van der Waals surface area contributed by atoms with Crippen LogP contribution in [-0.2, 0) is 4.79 Å². The number of anilines is 1. The number of amides is 1. The van der Waals surface area contributed by atoms with E-state index < -0.39 is 0 Å². The van der Waals surface area contributed by atoms with Crippen LogP contribution in [0, 0.1) is 0 Å². The zero-order valence-corrected chi connectivity index (χ0v) is 12.0. The highest BCUT2D eigenvalue weighted by atomic mass is 32.2. The first-order valence-electron chi connectivity index (χ1n) is 5.52. The van der Waals surface area contributed by atoms with Gasteiger partial charge in [0, 0.05) is 11.4 Å². The standard InChI is InChI=1S/C12H10N2OS3/c1-2-14-7-5-3-4-6-8(7)17-11(14)9-10(15)13-12(16)18-9/h3-6H,2H2,1H3,(H,13,15,16). The number of fused-ring (bicyclic) bond motifs is 1. The third kappa shape index (κ3) is 1.84. The van der Waals surface area contributed by atoms with Gasteiger partial charge in [0.15, 0.2) is 0 Å². The summed E-state index contributed by atoms with van der Waals surface area (Å²) < 4.78 is 0.537. The fourth-order valence-electron chi connectivity index (χ4n) is 1.97. The van der Waals surface area contributed by atoms with E-state index in [-0.39, 0.29) is 5.91 Å². The van der Waals surface area contributed by atoms with E-state index in [1.807, 2.05) is 12.1 Å². The highest BCUT2D eigenvalue weighted by Crippen LogP contribution is 2.49. The number of benzene rings is 1. The minimum atomic E-state index is -0.0845. The topological polar surface area (TPSA) is 32.3 Å². The van der Waals surface area contributed by atoms with Crippen molar-refractivity contribution in [2.75, 3.05) is 11.4 Å². The van der Waals surface area contributed by atoms with E-state index in [0.29, 0.717) is 9.23 Å². The van der Waals surface area contributed by atoms with Gasteiger partial charge >= 0.3 is 0 Å². The van der Waals surface area contributed by atoms with Crippen LogP contribution in [0.4, 0.5) is 5.69 Å². The quantitative estimate of drug-likeness (QED) is 0.636. The van der Waals surface area contributed by atoms with Crippen LogP contribution in [0.25, 0.3) is 0 Å². The van der Waals surface area contributed by atoms with Gasteiger partial charge in [0.1, 0.15) is 14.3 Å². The van der Waals surface area contributed by atoms with Gasteiger partial charge in [0.25, 0.3) is 5.91 Å². The van der Waals surface area contributed by atoms with Crippen molar-refractivity contribution < 1.29 is 4.79 Å². The molecule has 2 heterocycles. The number of para-hydroxylation sites is 1. The third-order valence-corrected chi connectivity index (χ3v) is 5.27. The number of nitrogens with zero attached hydrogens (tertiary/aromatic N) is 1. The average molecular weight is 294 g/mol. The van der Waals surface area contributed by atoms with Crippen LogP contribution in [0.5, 0.6) is 0 Å².